The van der Waals surface area contributed by atoms with Gasteiger partial charge in [-0.05, 0) is 32.1 Å². The predicted octanol–water partition coefficient (Wildman–Crippen LogP) is 12.4. The topological polar surface area (TPSA) is 102 Å². The van der Waals surface area contributed by atoms with Crippen molar-refractivity contribution in [1.82, 2.24) is 0 Å². The summed E-state index contributed by atoms with van der Waals surface area (Å²) >= 11 is 0. The lowest BCUT2D eigenvalue weighted by molar-refractivity contribution is -0.889. The summed E-state index contributed by atoms with van der Waals surface area (Å²) in [6.45, 7) is 4.49. The average molecular weight is 842 g/mol. The maximum Gasteiger partial charge on any atom is 0.306 e. The van der Waals surface area contributed by atoms with Gasteiger partial charge in [0.1, 0.15) is 12.6 Å². The lowest BCUT2D eigenvalue weighted by Gasteiger charge is -2.34. The van der Waals surface area contributed by atoms with Gasteiger partial charge in [0.2, 0.25) is 0 Å². The molecule has 60 heavy (non-hydrogen) atoms. The molecule has 0 aromatic heterocycles. The quantitative estimate of drug-likeness (QED) is 0.0261. The summed E-state index contributed by atoms with van der Waals surface area (Å²) in [6.07, 6.45) is 52.5. The number of allylic oxidation sites excluding steroid dienone is 10. The van der Waals surface area contributed by atoms with Crippen molar-refractivity contribution in [2.24, 2.45) is 0 Å². The van der Waals surface area contributed by atoms with E-state index in [2.05, 4.69) is 26.0 Å². The smallest absolute Gasteiger partial charge is 0.306 e. The number of nitrogens with zero attached hydrogens (tertiary/aromatic N) is 1. The van der Waals surface area contributed by atoms with E-state index in [9.17, 15) is 19.5 Å². The number of hydrogen-bond donors (Lipinski definition) is 0. The van der Waals surface area contributed by atoms with Crippen LogP contribution in [-0.4, -0.2) is 75.5 Å². The van der Waals surface area contributed by atoms with Gasteiger partial charge in [-0.15, -0.1) is 0 Å². The minimum absolute atomic E-state index is 0.0266. The molecule has 0 aliphatic heterocycles. The Hall–Kier alpha value is -2.97. The SMILES string of the molecule is CC/C=C/C=C/C=C/C=C/C=C/CCCCCC(=O)OCC(COCCC(C(=O)[O-])[N+](C)(C)C)OC(=O)CCCCCCCCCCCCCCCCCCCCCCC. The molecule has 0 amide bonds. The highest BCUT2D eigenvalue weighted by atomic mass is 16.6. The fourth-order valence-electron chi connectivity index (χ4n) is 7.03. The van der Waals surface area contributed by atoms with Crippen molar-refractivity contribution >= 4 is 17.9 Å². The zero-order valence-corrected chi connectivity index (χ0v) is 39.4. The normalized spacial score (nSPS) is 13.4. The number of ether oxygens (including phenoxy) is 3. The number of quaternary nitrogens is 1. The maximum absolute atomic E-state index is 12.8. The van der Waals surface area contributed by atoms with Gasteiger partial charge in [0.05, 0.1) is 40.3 Å². The first-order valence-electron chi connectivity index (χ1n) is 24.4. The van der Waals surface area contributed by atoms with E-state index in [0.29, 0.717) is 12.8 Å². The van der Waals surface area contributed by atoms with Crippen LogP contribution in [-0.2, 0) is 28.6 Å². The number of likely N-dealkylation sites (N-methyl/N-ethyl adjacent to an activating group) is 1. The number of aliphatic carboxylic acids is 1. The lowest BCUT2D eigenvalue weighted by atomic mass is 10.0. The van der Waals surface area contributed by atoms with Crippen LogP contribution in [0.15, 0.2) is 60.8 Å². The molecule has 0 aliphatic rings. The van der Waals surface area contributed by atoms with Crippen molar-refractivity contribution in [1.29, 1.82) is 0 Å². The van der Waals surface area contributed by atoms with Crippen LogP contribution < -0.4 is 5.11 Å². The number of esters is 2. The Balaban J connectivity index is 4.29. The number of carbonyl (C=O) groups excluding carboxylic acids is 3. The first kappa shape index (κ1) is 57.0. The summed E-state index contributed by atoms with van der Waals surface area (Å²) in [5.41, 5.74) is 0. The molecule has 0 saturated heterocycles. The van der Waals surface area contributed by atoms with Gasteiger partial charge in [-0.1, -0.05) is 209 Å². The molecule has 0 saturated carbocycles. The summed E-state index contributed by atoms with van der Waals surface area (Å²) in [7, 11) is 5.40. The number of carbonyl (C=O) groups is 3. The molecule has 0 heterocycles. The highest BCUT2D eigenvalue weighted by Gasteiger charge is 2.25. The van der Waals surface area contributed by atoms with Crippen molar-refractivity contribution < 1.29 is 38.2 Å². The van der Waals surface area contributed by atoms with E-state index in [1.807, 2.05) is 48.6 Å². The second-order valence-electron chi connectivity index (χ2n) is 17.4. The van der Waals surface area contributed by atoms with Crippen LogP contribution in [0.5, 0.6) is 0 Å². The molecule has 0 rings (SSSR count). The summed E-state index contributed by atoms with van der Waals surface area (Å²) in [5.74, 6) is -1.79. The highest BCUT2D eigenvalue weighted by molar-refractivity contribution is 5.70. The minimum Gasteiger partial charge on any atom is -0.544 e. The number of carboxylic acid groups (broad SMARTS) is 1. The van der Waals surface area contributed by atoms with Gasteiger partial charge < -0.3 is 28.6 Å². The van der Waals surface area contributed by atoms with Crippen molar-refractivity contribution in [3.8, 4) is 0 Å². The second kappa shape index (κ2) is 42.7. The molecule has 346 valence electrons. The average Bonchev–Trinajstić information content (AvgIpc) is 3.21. The van der Waals surface area contributed by atoms with Crippen LogP contribution in [0.25, 0.3) is 0 Å². The molecule has 0 aromatic carbocycles. The van der Waals surface area contributed by atoms with E-state index in [0.717, 1.165) is 51.4 Å². The van der Waals surface area contributed by atoms with Crippen LogP contribution in [0.2, 0.25) is 0 Å². The molecule has 2 unspecified atom stereocenters. The van der Waals surface area contributed by atoms with Gasteiger partial charge in [-0.2, -0.15) is 0 Å². The van der Waals surface area contributed by atoms with E-state index in [-0.39, 0.29) is 42.7 Å². The number of unbranched alkanes of at least 4 members (excludes halogenated alkanes) is 23. The molecule has 0 aliphatic carbocycles. The van der Waals surface area contributed by atoms with Gasteiger partial charge in [0.15, 0.2) is 6.10 Å². The lowest BCUT2D eigenvalue weighted by Crippen LogP contribution is -2.55. The van der Waals surface area contributed by atoms with Crippen LogP contribution >= 0.6 is 0 Å². The Morgan fingerprint density at radius 3 is 1.38 bits per heavy atom. The second-order valence-corrected chi connectivity index (χ2v) is 17.4. The fraction of sp³-hybridized carbons (Fsp3) is 0.750. The standard InChI is InChI=1S/C52H91NO7/c1-6-8-10-12-14-16-18-20-22-23-24-25-26-27-29-31-33-35-37-39-41-43-51(55)60-48(46-58-45-44-49(52(56)57)53(3,4)5)47-59-50(54)42-40-38-36-34-32-30-28-21-19-17-15-13-11-9-7-2/h9,11,13,15,17,19,21,28,30,32,48-49H,6-8,10,12,14,16,18,20,22-27,29,31,33-47H2,1-5H3/b11-9+,15-13+,19-17+,28-21+,32-30+. The van der Waals surface area contributed by atoms with Gasteiger partial charge in [0.25, 0.3) is 0 Å². The molecule has 0 aromatic rings. The number of carboxylic acids is 1. The predicted molar refractivity (Wildman–Crippen MR) is 249 cm³/mol. The molecular weight excluding hydrogens is 751 g/mol. The molecule has 0 fully saturated rings. The largest absolute Gasteiger partial charge is 0.544 e. The number of rotatable bonds is 43. The fourth-order valence-corrected chi connectivity index (χ4v) is 7.03. The Bertz CT molecular complexity index is 1170. The van der Waals surface area contributed by atoms with E-state index < -0.39 is 18.1 Å². The Kier molecular flexibility index (Phi) is 40.6. The van der Waals surface area contributed by atoms with Gasteiger partial charge >= 0.3 is 11.9 Å². The molecule has 0 spiro atoms. The van der Waals surface area contributed by atoms with E-state index in [4.69, 9.17) is 14.2 Å². The van der Waals surface area contributed by atoms with Crippen molar-refractivity contribution in [3.63, 3.8) is 0 Å². The first-order valence-corrected chi connectivity index (χ1v) is 24.4. The van der Waals surface area contributed by atoms with Gasteiger partial charge in [0, 0.05) is 19.3 Å². The van der Waals surface area contributed by atoms with E-state index in [1.165, 1.54) is 116 Å². The summed E-state index contributed by atoms with van der Waals surface area (Å²) in [4.78, 5) is 36.9. The van der Waals surface area contributed by atoms with Crippen LogP contribution in [0.3, 0.4) is 0 Å². The number of hydrogen-bond acceptors (Lipinski definition) is 7. The molecule has 2 atom stereocenters. The molecular formula is C52H91NO7. The van der Waals surface area contributed by atoms with E-state index >= 15 is 0 Å². The summed E-state index contributed by atoms with van der Waals surface area (Å²) in [6, 6.07) is -0.734. The molecule has 0 bridgehead atoms. The molecule has 8 heteroatoms. The first-order chi connectivity index (χ1) is 29.1. The van der Waals surface area contributed by atoms with Gasteiger partial charge in [-0.25, -0.2) is 0 Å². The third-order valence-electron chi connectivity index (χ3n) is 10.8. The zero-order chi connectivity index (χ0) is 44.2. The Labute approximate surface area is 368 Å². The molecule has 0 radical (unpaired) electrons. The minimum atomic E-state index is -1.13. The summed E-state index contributed by atoms with van der Waals surface area (Å²) < 4.78 is 17.2. The van der Waals surface area contributed by atoms with E-state index in [1.54, 1.807) is 21.1 Å². The Morgan fingerprint density at radius 1 is 0.517 bits per heavy atom. The third-order valence-corrected chi connectivity index (χ3v) is 10.8. The summed E-state index contributed by atoms with van der Waals surface area (Å²) in [5, 5.41) is 11.6. The maximum atomic E-state index is 12.8. The zero-order valence-electron chi connectivity index (χ0n) is 39.4. The van der Waals surface area contributed by atoms with Gasteiger partial charge in [-0.3, -0.25) is 9.59 Å². The Morgan fingerprint density at radius 2 is 0.933 bits per heavy atom. The van der Waals surface area contributed by atoms with Crippen LogP contribution in [0.1, 0.15) is 200 Å². The molecule has 0 N–H and O–H groups in total. The van der Waals surface area contributed by atoms with Crippen LogP contribution in [0.4, 0.5) is 0 Å². The van der Waals surface area contributed by atoms with Crippen molar-refractivity contribution in [3.05, 3.63) is 60.8 Å². The molecule has 8 nitrogen and oxygen atoms in total. The highest BCUT2D eigenvalue weighted by Crippen LogP contribution is 2.16. The van der Waals surface area contributed by atoms with Crippen LogP contribution in [0, 0.1) is 0 Å². The third kappa shape index (κ3) is 40.4. The monoisotopic (exact) mass is 842 g/mol. The van der Waals surface area contributed by atoms with Crippen molar-refractivity contribution in [2.75, 3.05) is 41.0 Å². The van der Waals surface area contributed by atoms with Crippen molar-refractivity contribution in [2.45, 2.75) is 212 Å².